The molecule has 156 valence electrons. The smallest absolute Gasteiger partial charge is 0.297 e. The molecule has 0 aliphatic heterocycles. The molecule has 6 heteroatoms. The minimum atomic E-state index is -4.03. The van der Waals surface area contributed by atoms with E-state index in [4.69, 9.17) is 4.18 Å². The molecule has 0 saturated heterocycles. The average molecular weight is 416 g/mol. The third kappa shape index (κ3) is 6.41. The molecule has 0 aromatic heterocycles. The third-order valence-corrected chi connectivity index (χ3v) is 6.67. The second-order valence-corrected chi connectivity index (χ2v) is 9.29. The van der Waals surface area contributed by atoms with E-state index in [1.807, 2.05) is 37.3 Å². The summed E-state index contributed by atoms with van der Waals surface area (Å²) in [5, 5.41) is 3.01. The van der Waals surface area contributed by atoms with Crippen molar-refractivity contribution >= 4 is 16.0 Å². The number of benzene rings is 2. The van der Waals surface area contributed by atoms with Crippen LogP contribution >= 0.6 is 0 Å². The molecule has 1 aliphatic carbocycles. The van der Waals surface area contributed by atoms with Crippen LogP contribution < -0.4 is 5.32 Å². The Morgan fingerprint density at radius 3 is 2.34 bits per heavy atom. The number of hydrogen-bond donors (Lipinski definition) is 1. The number of carbonyl (C=O) groups excluding carboxylic acids is 1. The highest BCUT2D eigenvalue weighted by molar-refractivity contribution is 7.86. The summed E-state index contributed by atoms with van der Waals surface area (Å²) in [6.07, 6.45) is 5.03. The predicted octanol–water partition coefficient (Wildman–Crippen LogP) is 4.15. The van der Waals surface area contributed by atoms with E-state index < -0.39 is 16.2 Å². The number of aryl methyl sites for hydroxylation is 2. The normalized spacial score (nSPS) is 16.3. The van der Waals surface area contributed by atoms with E-state index in [1.165, 1.54) is 18.6 Å². The molecule has 5 nitrogen and oxygen atoms in total. The third-order valence-electron chi connectivity index (χ3n) is 5.33. The first kappa shape index (κ1) is 21.5. The molecule has 0 radical (unpaired) electrons. The van der Waals surface area contributed by atoms with Crippen LogP contribution in [-0.2, 0) is 25.5 Å². The zero-order valence-corrected chi connectivity index (χ0v) is 17.7. The molecular weight excluding hydrogens is 386 g/mol. The molecule has 1 N–H and O–H groups in total. The maximum Gasteiger partial charge on any atom is 0.297 e. The Kier molecular flexibility index (Phi) is 7.45. The highest BCUT2D eigenvalue weighted by atomic mass is 32.2. The fraction of sp³-hybridized carbons (Fsp3) is 0.435. The second kappa shape index (κ2) is 10.0. The van der Waals surface area contributed by atoms with Gasteiger partial charge in [-0.05, 0) is 50.3 Å². The van der Waals surface area contributed by atoms with Crippen molar-refractivity contribution in [2.45, 2.75) is 68.9 Å². The van der Waals surface area contributed by atoms with Crippen molar-refractivity contribution in [3.8, 4) is 0 Å². The van der Waals surface area contributed by atoms with Gasteiger partial charge in [-0.3, -0.25) is 8.98 Å². The van der Waals surface area contributed by atoms with Gasteiger partial charge < -0.3 is 5.32 Å². The van der Waals surface area contributed by atoms with Gasteiger partial charge in [-0.25, -0.2) is 0 Å². The van der Waals surface area contributed by atoms with Crippen LogP contribution in [0.25, 0.3) is 0 Å². The van der Waals surface area contributed by atoms with Crippen molar-refractivity contribution in [3.63, 3.8) is 0 Å². The SMILES string of the molecule is Cc1ccc(S(=O)(=O)OC(CCc2ccccc2)C(=O)NC2CCCCC2)cc1. The van der Waals surface area contributed by atoms with Crippen LogP contribution in [0.1, 0.15) is 49.7 Å². The van der Waals surface area contributed by atoms with E-state index in [9.17, 15) is 13.2 Å². The highest BCUT2D eigenvalue weighted by Gasteiger charge is 2.29. The lowest BCUT2D eigenvalue weighted by Crippen LogP contribution is -2.44. The average Bonchev–Trinajstić information content (AvgIpc) is 2.73. The Morgan fingerprint density at radius 2 is 1.69 bits per heavy atom. The fourth-order valence-electron chi connectivity index (χ4n) is 3.62. The van der Waals surface area contributed by atoms with Crippen molar-refractivity contribution < 1.29 is 17.4 Å². The van der Waals surface area contributed by atoms with Gasteiger partial charge in [0, 0.05) is 6.04 Å². The summed E-state index contributed by atoms with van der Waals surface area (Å²) in [7, 11) is -4.03. The minimum absolute atomic E-state index is 0.0678. The molecule has 1 fully saturated rings. The first-order valence-corrected chi connectivity index (χ1v) is 11.7. The van der Waals surface area contributed by atoms with E-state index in [2.05, 4.69) is 5.32 Å². The quantitative estimate of drug-likeness (QED) is 0.658. The summed E-state index contributed by atoms with van der Waals surface area (Å²) >= 11 is 0. The van der Waals surface area contributed by atoms with Crippen molar-refractivity contribution in [2.24, 2.45) is 0 Å². The lowest BCUT2D eigenvalue weighted by Gasteiger charge is -2.25. The highest BCUT2D eigenvalue weighted by Crippen LogP contribution is 2.20. The van der Waals surface area contributed by atoms with E-state index >= 15 is 0 Å². The monoisotopic (exact) mass is 415 g/mol. The standard InChI is InChI=1S/C23H29NO4S/c1-18-12-15-21(16-13-18)29(26,27)28-22(17-14-19-8-4-2-5-9-19)23(25)24-20-10-6-3-7-11-20/h2,4-5,8-9,12-13,15-16,20,22H,3,6-7,10-11,14,17H2,1H3,(H,24,25). The molecule has 3 rings (SSSR count). The molecule has 2 aromatic carbocycles. The van der Waals surface area contributed by atoms with Crippen LogP contribution in [0.3, 0.4) is 0 Å². The summed E-state index contributed by atoms with van der Waals surface area (Å²) < 4.78 is 31.0. The molecule has 0 heterocycles. The summed E-state index contributed by atoms with van der Waals surface area (Å²) in [4.78, 5) is 13.0. The number of carbonyl (C=O) groups is 1. The molecule has 1 aliphatic rings. The van der Waals surface area contributed by atoms with Crippen molar-refractivity contribution in [1.82, 2.24) is 5.32 Å². The van der Waals surface area contributed by atoms with Crippen LogP contribution in [-0.4, -0.2) is 26.5 Å². The van der Waals surface area contributed by atoms with E-state index in [-0.39, 0.29) is 16.8 Å². The molecule has 0 bridgehead atoms. The van der Waals surface area contributed by atoms with Crippen LogP contribution in [0.5, 0.6) is 0 Å². The van der Waals surface area contributed by atoms with E-state index in [1.54, 1.807) is 12.1 Å². The Bertz CT molecular complexity index is 888. The largest absolute Gasteiger partial charge is 0.351 e. The Hall–Kier alpha value is -2.18. The van der Waals surface area contributed by atoms with Gasteiger partial charge in [0.25, 0.3) is 16.0 Å². The summed E-state index contributed by atoms with van der Waals surface area (Å²) in [5.41, 5.74) is 2.00. The van der Waals surface area contributed by atoms with Crippen LogP contribution in [0, 0.1) is 6.92 Å². The van der Waals surface area contributed by atoms with Gasteiger partial charge in [0.05, 0.1) is 4.90 Å². The lowest BCUT2D eigenvalue weighted by atomic mass is 9.95. The Morgan fingerprint density at radius 1 is 1.03 bits per heavy atom. The number of hydrogen-bond acceptors (Lipinski definition) is 4. The fourth-order valence-corrected chi connectivity index (χ4v) is 4.69. The second-order valence-electron chi connectivity index (χ2n) is 7.72. The summed E-state index contributed by atoms with van der Waals surface area (Å²) in [6.45, 7) is 1.89. The van der Waals surface area contributed by atoms with Crippen LogP contribution in [0.15, 0.2) is 59.5 Å². The van der Waals surface area contributed by atoms with E-state index in [0.717, 1.165) is 36.8 Å². The van der Waals surface area contributed by atoms with Crippen molar-refractivity contribution in [1.29, 1.82) is 0 Å². The molecule has 29 heavy (non-hydrogen) atoms. The van der Waals surface area contributed by atoms with Gasteiger partial charge in [-0.2, -0.15) is 8.42 Å². The van der Waals surface area contributed by atoms with Gasteiger partial charge in [0.2, 0.25) is 0 Å². The van der Waals surface area contributed by atoms with Crippen molar-refractivity contribution in [3.05, 3.63) is 65.7 Å². The molecule has 0 spiro atoms. The van der Waals surface area contributed by atoms with Gasteiger partial charge >= 0.3 is 0 Å². The van der Waals surface area contributed by atoms with Gasteiger partial charge in [-0.1, -0.05) is 67.3 Å². The molecule has 1 amide bonds. The molecule has 1 atom stereocenters. The molecular formula is C23H29NO4S. The lowest BCUT2D eigenvalue weighted by molar-refractivity contribution is -0.129. The minimum Gasteiger partial charge on any atom is -0.351 e. The molecule has 1 unspecified atom stereocenters. The maximum atomic E-state index is 12.9. The van der Waals surface area contributed by atoms with Gasteiger partial charge in [0.1, 0.15) is 0 Å². The topological polar surface area (TPSA) is 72.5 Å². The zero-order chi connectivity index (χ0) is 20.7. The van der Waals surface area contributed by atoms with Crippen molar-refractivity contribution in [2.75, 3.05) is 0 Å². The van der Waals surface area contributed by atoms with Crippen LogP contribution in [0.4, 0.5) is 0 Å². The first-order chi connectivity index (χ1) is 13.9. The summed E-state index contributed by atoms with van der Waals surface area (Å²) in [6, 6.07) is 16.3. The molecule has 1 saturated carbocycles. The first-order valence-electron chi connectivity index (χ1n) is 10.3. The summed E-state index contributed by atoms with van der Waals surface area (Å²) in [5.74, 6) is -0.344. The maximum absolute atomic E-state index is 12.9. The zero-order valence-electron chi connectivity index (χ0n) is 16.8. The van der Waals surface area contributed by atoms with Gasteiger partial charge in [0.15, 0.2) is 6.10 Å². The van der Waals surface area contributed by atoms with E-state index in [0.29, 0.717) is 12.8 Å². The Labute approximate surface area is 173 Å². The number of rotatable bonds is 8. The van der Waals surface area contributed by atoms with Gasteiger partial charge in [-0.15, -0.1) is 0 Å². The number of nitrogens with one attached hydrogen (secondary N) is 1. The molecule has 2 aromatic rings. The Balaban J connectivity index is 1.73. The predicted molar refractivity (Wildman–Crippen MR) is 113 cm³/mol. The van der Waals surface area contributed by atoms with Crippen LogP contribution in [0.2, 0.25) is 0 Å². The number of amides is 1.